The van der Waals surface area contributed by atoms with Crippen LogP contribution in [0.3, 0.4) is 0 Å². The maximum atomic E-state index is 12.0. The minimum Gasteiger partial charge on any atom is -0.352 e. The van der Waals surface area contributed by atoms with E-state index in [1.807, 2.05) is 0 Å². The predicted molar refractivity (Wildman–Crippen MR) is 78.9 cm³/mol. The third-order valence-electron chi connectivity index (χ3n) is 3.59. The minimum absolute atomic E-state index is 0.0166. The molecule has 8 nitrogen and oxygen atoms in total. The third kappa shape index (κ3) is 2.96. The zero-order valence-electron chi connectivity index (χ0n) is 11.7. The fourth-order valence-corrected chi connectivity index (χ4v) is 2.14. The van der Waals surface area contributed by atoms with Crippen LogP contribution in [0.2, 0.25) is 0 Å². The molecule has 22 heavy (non-hydrogen) atoms. The van der Waals surface area contributed by atoms with Crippen LogP contribution in [0.4, 0.5) is 5.69 Å². The number of nitrogens with zero attached hydrogens (tertiary/aromatic N) is 3. The number of benzene rings is 1. The van der Waals surface area contributed by atoms with Crippen molar-refractivity contribution in [3.05, 3.63) is 52.3 Å². The number of hydrogen-bond acceptors (Lipinski definition) is 5. The van der Waals surface area contributed by atoms with E-state index in [9.17, 15) is 14.9 Å². The van der Waals surface area contributed by atoms with Gasteiger partial charge < -0.3 is 10.6 Å². The van der Waals surface area contributed by atoms with Crippen LogP contribution >= 0.6 is 0 Å². The van der Waals surface area contributed by atoms with E-state index in [-0.39, 0.29) is 11.6 Å². The highest BCUT2D eigenvalue weighted by Gasteiger charge is 2.18. The van der Waals surface area contributed by atoms with Crippen molar-refractivity contribution in [3.8, 4) is 5.69 Å². The van der Waals surface area contributed by atoms with Crippen molar-refractivity contribution in [2.24, 2.45) is 5.92 Å². The minimum atomic E-state index is -0.457. The van der Waals surface area contributed by atoms with Gasteiger partial charge in [-0.1, -0.05) is 0 Å². The number of carbonyl (C=O) groups excluding carboxylic acids is 1. The molecule has 0 atom stereocenters. The average Bonchev–Trinajstić information content (AvgIpc) is 2.95. The second-order valence-corrected chi connectivity index (χ2v) is 5.18. The zero-order chi connectivity index (χ0) is 15.5. The standard InChI is InChI=1S/C14H15N5O3/c20-14(16-7-10-5-15-6-10)11-8-17-18(9-11)12-1-3-13(4-2-12)19(21)22/h1-4,8-10,15H,5-7H2,(H,16,20). The number of nitro benzene ring substituents is 1. The van der Waals surface area contributed by atoms with Crippen LogP contribution in [-0.4, -0.2) is 40.2 Å². The lowest BCUT2D eigenvalue weighted by Gasteiger charge is -2.26. The summed E-state index contributed by atoms with van der Waals surface area (Å²) in [5, 5.41) is 20.8. The van der Waals surface area contributed by atoms with Crippen molar-refractivity contribution in [3.63, 3.8) is 0 Å². The SMILES string of the molecule is O=C(NCC1CNC1)c1cnn(-c2ccc([N+](=O)[O-])cc2)c1. The first kappa shape index (κ1) is 14.2. The number of carbonyl (C=O) groups is 1. The summed E-state index contributed by atoms with van der Waals surface area (Å²) in [6, 6.07) is 5.99. The van der Waals surface area contributed by atoms with Gasteiger partial charge in [-0.25, -0.2) is 4.68 Å². The van der Waals surface area contributed by atoms with Gasteiger partial charge in [0.2, 0.25) is 0 Å². The van der Waals surface area contributed by atoms with Crippen molar-refractivity contribution < 1.29 is 9.72 Å². The lowest BCUT2D eigenvalue weighted by atomic mass is 10.0. The summed E-state index contributed by atoms with van der Waals surface area (Å²) in [5.41, 5.74) is 1.14. The highest BCUT2D eigenvalue weighted by atomic mass is 16.6. The normalized spacial score (nSPS) is 14.4. The molecule has 114 valence electrons. The molecular formula is C14H15N5O3. The topological polar surface area (TPSA) is 102 Å². The number of aromatic nitrogens is 2. The van der Waals surface area contributed by atoms with Crippen LogP contribution in [-0.2, 0) is 0 Å². The van der Waals surface area contributed by atoms with Gasteiger partial charge in [0.05, 0.1) is 22.4 Å². The lowest BCUT2D eigenvalue weighted by Crippen LogP contribution is -2.48. The number of hydrogen-bond donors (Lipinski definition) is 2. The number of non-ortho nitro benzene ring substituents is 1. The molecule has 1 saturated heterocycles. The molecule has 0 aliphatic carbocycles. The summed E-state index contributed by atoms with van der Waals surface area (Å²) in [7, 11) is 0. The fourth-order valence-electron chi connectivity index (χ4n) is 2.14. The van der Waals surface area contributed by atoms with E-state index in [1.54, 1.807) is 18.3 Å². The van der Waals surface area contributed by atoms with Crippen molar-refractivity contribution in [1.82, 2.24) is 20.4 Å². The summed E-state index contributed by atoms with van der Waals surface area (Å²) in [6.45, 7) is 2.51. The molecule has 0 saturated carbocycles. The predicted octanol–water partition coefficient (Wildman–Crippen LogP) is 0.730. The molecule has 0 unspecified atom stereocenters. The van der Waals surface area contributed by atoms with Crippen LogP contribution in [0, 0.1) is 16.0 Å². The van der Waals surface area contributed by atoms with Gasteiger partial charge in [-0.2, -0.15) is 5.10 Å². The number of rotatable bonds is 5. The van der Waals surface area contributed by atoms with Gasteiger partial charge in [0.15, 0.2) is 0 Å². The quantitative estimate of drug-likeness (QED) is 0.626. The van der Waals surface area contributed by atoms with Crippen molar-refractivity contribution in [2.75, 3.05) is 19.6 Å². The zero-order valence-corrected chi connectivity index (χ0v) is 11.7. The summed E-state index contributed by atoms with van der Waals surface area (Å²) in [6.07, 6.45) is 3.09. The van der Waals surface area contributed by atoms with Crippen molar-refractivity contribution >= 4 is 11.6 Å². The largest absolute Gasteiger partial charge is 0.352 e. The van der Waals surface area contributed by atoms with Crippen LogP contribution in [0.1, 0.15) is 10.4 Å². The summed E-state index contributed by atoms with van der Waals surface area (Å²) in [4.78, 5) is 22.2. The fraction of sp³-hybridized carbons (Fsp3) is 0.286. The Morgan fingerprint density at radius 2 is 2.14 bits per heavy atom. The molecule has 1 aromatic carbocycles. The highest BCUT2D eigenvalue weighted by Crippen LogP contribution is 2.15. The molecule has 1 aliphatic rings. The molecule has 2 heterocycles. The number of nitrogens with one attached hydrogen (secondary N) is 2. The maximum absolute atomic E-state index is 12.0. The second-order valence-electron chi connectivity index (χ2n) is 5.18. The van der Waals surface area contributed by atoms with Gasteiger partial charge in [0.1, 0.15) is 0 Å². The Balaban J connectivity index is 1.66. The van der Waals surface area contributed by atoms with Gasteiger partial charge in [-0.15, -0.1) is 0 Å². The summed E-state index contributed by atoms with van der Waals surface area (Å²) >= 11 is 0. The van der Waals surface area contributed by atoms with Gasteiger partial charge in [0, 0.05) is 43.9 Å². The first-order valence-corrected chi connectivity index (χ1v) is 6.92. The molecule has 1 aliphatic heterocycles. The van der Waals surface area contributed by atoms with Gasteiger partial charge >= 0.3 is 0 Å². The smallest absolute Gasteiger partial charge is 0.269 e. The van der Waals surface area contributed by atoms with Crippen LogP contribution in [0.25, 0.3) is 5.69 Å². The lowest BCUT2D eigenvalue weighted by molar-refractivity contribution is -0.384. The van der Waals surface area contributed by atoms with Gasteiger partial charge in [0.25, 0.3) is 11.6 Å². The molecule has 0 bridgehead atoms. The molecule has 3 rings (SSSR count). The van der Waals surface area contributed by atoms with E-state index in [4.69, 9.17) is 0 Å². The molecular weight excluding hydrogens is 286 g/mol. The molecule has 1 fully saturated rings. The Kier molecular flexibility index (Phi) is 3.84. The first-order valence-electron chi connectivity index (χ1n) is 6.92. The van der Waals surface area contributed by atoms with E-state index in [0.717, 1.165) is 13.1 Å². The maximum Gasteiger partial charge on any atom is 0.269 e. The Hall–Kier alpha value is -2.74. The van der Waals surface area contributed by atoms with E-state index >= 15 is 0 Å². The molecule has 1 amide bonds. The van der Waals surface area contributed by atoms with Gasteiger partial charge in [-0.05, 0) is 12.1 Å². The Bertz CT molecular complexity index is 691. The van der Waals surface area contributed by atoms with Crippen LogP contribution in [0.15, 0.2) is 36.7 Å². The Morgan fingerprint density at radius 3 is 2.73 bits per heavy atom. The molecule has 0 spiro atoms. The summed E-state index contributed by atoms with van der Waals surface area (Å²) in [5.74, 6) is 0.328. The van der Waals surface area contributed by atoms with E-state index in [0.29, 0.717) is 23.7 Å². The molecule has 2 N–H and O–H groups in total. The van der Waals surface area contributed by atoms with Crippen LogP contribution in [0.5, 0.6) is 0 Å². The monoisotopic (exact) mass is 301 g/mol. The second kappa shape index (κ2) is 5.94. The van der Waals surface area contributed by atoms with E-state index in [1.165, 1.54) is 23.0 Å². The van der Waals surface area contributed by atoms with Gasteiger partial charge in [-0.3, -0.25) is 14.9 Å². The van der Waals surface area contributed by atoms with Crippen molar-refractivity contribution in [1.29, 1.82) is 0 Å². The van der Waals surface area contributed by atoms with Crippen molar-refractivity contribution in [2.45, 2.75) is 0 Å². The molecule has 8 heteroatoms. The number of amides is 1. The first-order chi connectivity index (χ1) is 10.6. The molecule has 2 aromatic rings. The van der Waals surface area contributed by atoms with E-state index in [2.05, 4.69) is 15.7 Å². The Morgan fingerprint density at radius 1 is 1.41 bits per heavy atom. The number of nitro groups is 1. The van der Waals surface area contributed by atoms with Crippen LogP contribution < -0.4 is 10.6 Å². The molecule has 0 radical (unpaired) electrons. The third-order valence-corrected chi connectivity index (χ3v) is 3.59. The average molecular weight is 301 g/mol. The summed E-state index contributed by atoms with van der Waals surface area (Å²) < 4.78 is 1.52. The molecule has 1 aromatic heterocycles. The highest BCUT2D eigenvalue weighted by molar-refractivity contribution is 5.93. The van der Waals surface area contributed by atoms with E-state index < -0.39 is 4.92 Å². The Labute approximate surface area is 126 Å².